The molecule has 0 radical (unpaired) electrons. The molecule has 0 aromatic carbocycles. The van der Waals surface area contributed by atoms with Gasteiger partial charge in [0.1, 0.15) is 0 Å². The lowest BCUT2D eigenvalue weighted by Crippen LogP contribution is -2.14. The van der Waals surface area contributed by atoms with E-state index < -0.39 is 11.9 Å². The summed E-state index contributed by atoms with van der Waals surface area (Å²) in [5.41, 5.74) is 0.176. The summed E-state index contributed by atoms with van der Waals surface area (Å²) in [7, 11) is 0. The van der Waals surface area contributed by atoms with Gasteiger partial charge in [0.15, 0.2) is 0 Å². The van der Waals surface area contributed by atoms with Crippen LogP contribution in [0.3, 0.4) is 0 Å². The van der Waals surface area contributed by atoms with Gasteiger partial charge in [-0.2, -0.15) is 0 Å². The maximum atomic E-state index is 9.93. The molecule has 0 spiro atoms. The summed E-state index contributed by atoms with van der Waals surface area (Å²) in [6.07, 6.45) is 0.996. The SMILES string of the molecule is C=C(C)C(=O)O.CCNCCCC(=O)O. The smallest absolute Gasteiger partial charge is 0.330 e. The van der Waals surface area contributed by atoms with Crippen LogP contribution in [0.2, 0.25) is 0 Å². The molecule has 88 valence electrons. The summed E-state index contributed by atoms with van der Waals surface area (Å²) in [6.45, 7) is 8.33. The topological polar surface area (TPSA) is 86.6 Å². The molecule has 0 amide bonds. The third-order valence-electron chi connectivity index (χ3n) is 1.36. The number of hydrogen-bond donors (Lipinski definition) is 3. The quantitative estimate of drug-likeness (QED) is 0.458. The van der Waals surface area contributed by atoms with Gasteiger partial charge in [-0.05, 0) is 26.4 Å². The number of carboxylic acid groups (broad SMARTS) is 2. The molecular weight excluding hydrogens is 198 g/mol. The molecule has 0 aliphatic carbocycles. The van der Waals surface area contributed by atoms with Crippen molar-refractivity contribution in [3.05, 3.63) is 12.2 Å². The first-order valence-corrected chi connectivity index (χ1v) is 4.73. The zero-order valence-electron chi connectivity index (χ0n) is 9.25. The van der Waals surface area contributed by atoms with Gasteiger partial charge in [-0.3, -0.25) is 4.79 Å². The van der Waals surface area contributed by atoms with Gasteiger partial charge in [-0.25, -0.2) is 4.79 Å². The molecule has 0 aromatic rings. The van der Waals surface area contributed by atoms with E-state index in [1.54, 1.807) is 0 Å². The molecule has 0 atom stereocenters. The van der Waals surface area contributed by atoms with E-state index in [0.717, 1.165) is 19.5 Å². The van der Waals surface area contributed by atoms with Crippen LogP contribution in [0.5, 0.6) is 0 Å². The highest BCUT2D eigenvalue weighted by atomic mass is 16.4. The van der Waals surface area contributed by atoms with Crippen LogP contribution in [0.4, 0.5) is 0 Å². The second kappa shape index (κ2) is 10.7. The van der Waals surface area contributed by atoms with Crippen molar-refractivity contribution in [1.29, 1.82) is 0 Å². The Labute approximate surface area is 89.8 Å². The van der Waals surface area contributed by atoms with Gasteiger partial charge in [0.2, 0.25) is 0 Å². The van der Waals surface area contributed by atoms with Crippen molar-refractivity contribution in [2.45, 2.75) is 26.7 Å². The molecule has 0 unspecified atom stereocenters. The second-order valence-corrected chi connectivity index (χ2v) is 2.94. The minimum Gasteiger partial charge on any atom is -0.481 e. The zero-order chi connectivity index (χ0) is 12.3. The Kier molecular flexibility index (Phi) is 11.5. The molecule has 0 fully saturated rings. The van der Waals surface area contributed by atoms with E-state index in [4.69, 9.17) is 10.2 Å². The minimum absolute atomic E-state index is 0.176. The summed E-state index contributed by atoms with van der Waals surface area (Å²) >= 11 is 0. The van der Waals surface area contributed by atoms with Gasteiger partial charge >= 0.3 is 11.9 Å². The van der Waals surface area contributed by atoms with E-state index in [0.29, 0.717) is 0 Å². The van der Waals surface area contributed by atoms with Crippen LogP contribution >= 0.6 is 0 Å². The predicted octanol–water partition coefficient (Wildman–Crippen LogP) is 1.11. The summed E-state index contributed by atoms with van der Waals surface area (Å²) in [4.78, 5) is 19.5. The molecule has 0 aliphatic heterocycles. The first-order valence-electron chi connectivity index (χ1n) is 4.73. The van der Waals surface area contributed by atoms with Crippen molar-refractivity contribution in [2.75, 3.05) is 13.1 Å². The van der Waals surface area contributed by atoms with Crippen molar-refractivity contribution in [3.63, 3.8) is 0 Å². The van der Waals surface area contributed by atoms with Crippen LogP contribution < -0.4 is 5.32 Å². The van der Waals surface area contributed by atoms with Crippen LogP contribution in [-0.2, 0) is 9.59 Å². The van der Waals surface area contributed by atoms with E-state index in [1.165, 1.54) is 6.92 Å². The Morgan fingerprint density at radius 3 is 2.07 bits per heavy atom. The standard InChI is InChI=1S/C6H13NO2.C4H6O2/c1-2-7-5-3-4-6(8)9;1-3(2)4(5)6/h7H,2-5H2,1H3,(H,8,9);1H2,2H3,(H,5,6). The largest absolute Gasteiger partial charge is 0.481 e. The molecule has 0 heterocycles. The van der Waals surface area contributed by atoms with Crippen molar-refractivity contribution in [1.82, 2.24) is 5.32 Å². The lowest BCUT2D eigenvalue weighted by atomic mass is 10.3. The summed E-state index contributed by atoms with van der Waals surface area (Å²) < 4.78 is 0. The number of nitrogens with one attached hydrogen (secondary N) is 1. The van der Waals surface area contributed by atoms with Crippen LogP contribution in [0.1, 0.15) is 26.7 Å². The molecule has 0 rings (SSSR count). The van der Waals surface area contributed by atoms with E-state index in [2.05, 4.69) is 11.9 Å². The fourth-order valence-corrected chi connectivity index (χ4v) is 0.541. The molecule has 5 nitrogen and oxygen atoms in total. The molecule has 15 heavy (non-hydrogen) atoms. The number of carboxylic acids is 2. The van der Waals surface area contributed by atoms with Crippen LogP contribution in [0.15, 0.2) is 12.2 Å². The number of hydrogen-bond acceptors (Lipinski definition) is 3. The van der Waals surface area contributed by atoms with E-state index in [9.17, 15) is 9.59 Å². The monoisotopic (exact) mass is 217 g/mol. The van der Waals surface area contributed by atoms with Crippen molar-refractivity contribution < 1.29 is 19.8 Å². The predicted molar refractivity (Wildman–Crippen MR) is 57.9 cm³/mol. The number of carbonyl (C=O) groups is 2. The molecule has 0 saturated heterocycles. The highest BCUT2D eigenvalue weighted by Gasteiger charge is 1.93. The molecule has 5 heteroatoms. The highest BCUT2D eigenvalue weighted by molar-refractivity contribution is 5.84. The number of rotatable bonds is 6. The Morgan fingerprint density at radius 2 is 1.80 bits per heavy atom. The molecule has 0 saturated carbocycles. The Bertz CT molecular complexity index is 201. The first kappa shape index (κ1) is 16.1. The average molecular weight is 217 g/mol. The maximum absolute atomic E-state index is 9.93. The van der Waals surface area contributed by atoms with Gasteiger partial charge in [0.05, 0.1) is 0 Å². The molecule has 0 aromatic heterocycles. The van der Waals surface area contributed by atoms with E-state index in [-0.39, 0.29) is 12.0 Å². The fraction of sp³-hybridized carbons (Fsp3) is 0.600. The molecule has 3 N–H and O–H groups in total. The average Bonchev–Trinajstić information content (AvgIpc) is 2.13. The van der Waals surface area contributed by atoms with Crippen molar-refractivity contribution in [2.24, 2.45) is 0 Å². The van der Waals surface area contributed by atoms with Crippen molar-refractivity contribution >= 4 is 11.9 Å². The fourth-order valence-electron chi connectivity index (χ4n) is 0.541. The van der Waals surface area contributed by atoms with E-state index >= 15 is 0 Å². The number of aliphatic carboxylic acids is 2. The first-order chi connectivity index (χ1) is 6.91. The second-order valence-electron chi connectivity index (χ2n) is 2.94. The van der Waals surface area contributed by atoms with Crippen molar-refractivity contribution in [3.8, 4) is 0 Å². The lowest BCUT2D eigenvalue weighted by Gasteiger charge is -1.96. The van der Waals surface area contributed by atoms with Gasteiger partial charge in [-0.1, -0.05) is 13.5 Å². The van der Waals surface area contributed by atoms with Crippen LogP contribution in [0.25, 0.3) is 0 Å². The third-order valence-corrected chi connectivity index (χ3v) is 1.36. The summed E-state index contributed by atoms with van der Waals surface area (Å²) in [6, 6.07) is 0. The van der Waals surface area contributed by atoms with Gasteiger partial charge < -0.3 is 15.5 Å². The van der Waals surface area contributed by atoms with Gasteiger partial charge in [0.25, 0.3) is 0 Å². The molecule has 0 aliphatic rings. The Morgan fingerprint density at radius 1 is 1.33 bits per heavy atom. The van der Waals surface area contributed by atoms with E-state index in [1.807, 2.05) is 6.92 Å². The Hall–Kier alpha value is -1.36. The highest BCUT2D eigenvalue weighted by Crippen LogP contribution is 1.84. The normalized spacial score (nSPS) is 8.67. The lowest BCUT2D eigenvalue weighted by molar-refractivity contribution is -0.137. The zero-order valence-corrected chi connectivity index (χ0v) is 9.25. The summed E-state index contributed by atoms with van der Waals surface area (Å²) in [5, 5.41) is 19.1. The minimum atomic E-state index is -0.935. The molecule has 0 bridgehead atoms. The summed E-state index contributed by atoms with van der Waals surface area (Å²) in [5.74, 6) is -1.65. The molecular formula is C10H19NO4. The van der Waals surface area contributed by atoms with Crippen LogP contribution in [-0.4, -0.2) is 35.2 Å². The van der Waals surface area contributed by atoms with Gasteiger partial charge in [0, 0.05) is 12.0 Å². The third kappa shape index (κ3) is 19.2. The van der Waals surface area contributed by atoms with Crippen LogP contribution in [0, 0.1) is 0 Å². The Balaban J connectivity index is 0. The van der Waals surface area contributed by atoms with Gasteiger partial charge in [-0.15, -0.1) is 0 Å². The maximum Gasteiger partial charge on any atom is 0.330 e.